The summed E-state index contributed by atoms with van der Waals surface area (Å²) in [4.78, 5) is 23.5. The number of hydrogen-bond donors (Lipinski definition) is 2. The number of primary amides is 1. The van der Waals surface area contributed by atoms with E-state index >= 15 is 0 Å². The fourth-order valence-corrected chi connectivity index (χ4v) is 4.47. The molecule has 0 spiro atoms. The van der Waals surface area contributed by atoms with Crippen LogP contribution in [0.4, 0.5) is 5.82 Å². The number of rotatable bonds is 13. The van der Waals surface area contributed by atoms with E-state index in [0.29, 0.717) is 44.4 Å². The number of carbonyl (C=O) groups is 1. The highest BCUT2D eigenvalue weighted by molar-refractivity contribution is 5.73. The molecule has 7 nitrogen and oxygen atoms in total. The van der Waals surface area contributed by atoms with Gasteiger partial charge in [-0.1, -0.05) is 43.7 Å². The Balaban J connectivity index is 2.03. The molecule has 3 rings (SSSR count). The monoisotopic (exact) mass is 517 g/mol. The van der Waals surface area contributed by atoms with Crippen LogP contribution in [0.5, 0.6) is 5.75 Å². The fourth-order valence-electron chi connectivity index (χ4n) is 4.47. The molecule has 0 fully saturated rings. The molecule has 0 saturated carbocycles. The van der Waals surface area contributed by atoms with Gasteiger partial charge >= 0.3 is 0 Å². The number of nitrogens with zero attached hydrogens (tertiary/aromatic N) is 3. The number of benzene rings is 2. The molecule has 0 bridgehead atoms. The normalized spacial score (nSPS) is 11.2. The molecule has 0 unspecified atom stereocenters. The minimum atomic E-state index is -0.279. The highest BCUT2D eigenvalue weighted by atomic mass is 16.5. The van der Waals surface area contributed by atoms with Crippen LogP contribution in [0.1, 0.15) is 72.5 Å². The summed E-state index contributed by atoms with van der Waals surface area (Å²) in [5.41, 5.74) is 18.8. The Kier molecular flexibility index (Phi) is 10.2. The van der Waals surface area contributed by atoms with Crippen molar-refractivity contribution in [2.75, 3.05) is 24.5 Å². The average molecular weight is 518 g/mol. The van der Waals surface area contributed by atoms with E-state index in [4.69, 9.17) is 26.2 Å². The third-order valence-corrected chi connectivity index (χ3v) is 6.88. The van der Waals surface area contributed by atoms with Crippen LogP contribution in [0.25, 0.3) is 11.4 Å². The molecule has 0 aliphatic heterocycles. The van der Waals surface area contributed by atoms with Crippen molar-refractivity contribution in [2.45, 2.75) is 73.3 Å². The second kappa shape index (κ2) is 13.4. The zero-order valence-corrected chi connectivity index (χ0v) is 23.8. The lowest BCUT2D eigenvalue weighted by Gasteiger charge is -2.27. The molecule has 4 N–H and O–H groups in total. The number of nitrogens with two attached hydrogens (primary N) is 2. The topological polar surface area (TPSA) is 107 Å². The summed E-state index contributed by atoms with van der Waals surface area (Å²) in [6.07, 6.45) is 1.90. The quantitative estimate of drug-likeness (QED) is 0.290. The summed E-state index contributed by atoms with van der Waals surface area (Å²) in [7, 11) is 0. The van der Waals surface area contributed by atoms with Crippen LogP contribution in [0, 0.1) is 27.7 Å². The second-order valence-corrected chi connectivity index (χ2v) is 10.4. The lowest BCUT2D eigenvalue weighted by molar-refractivity contribution is -0.118. The first-order chi connectivity index (χ1) is 18.1. The van der Waals surface area contributed by atoms with Crippen molar-refractivity contribution in [1.82, 2.24) is 9.97 Å². The standard InChI is InChI=1S/C31H43N5O2/c1-20(2)25-13-12-23(5)28(18-25)38-19-27-24(6)34-30(26-17-21(3)10-11-22(26)4)35-31(27)36(16-14-32)15-8-7-9-29(33)37/h10-13,17-18,20H,7-9,14-16,19,32H2,1-6H3,(H2,33,37). The van der Waals surface area contributed by atoms with Gasteiger partial charge in [0.2, 0.25) is 5.91 Å². The average Bonchev–Trinajstić information content (AvgIpc) is 2.86. The summed E-state index contributed by atoms with van der Waals surface area (Å²) < 4.78 is 6.41. The van der Waals surface area contributed by atoms with Crippen molar-refractivity contribution in [3.63, 3.8) is 0 Å². The van der Waals surface area contributed by atoms with Crippen LogP contribution in [0.3, 0.4) is 0 Å². The first-order valence-electron chi connectivity index (χ1n) is 13.5. The fraction of sp³-hybridized carbons (Fsp3) is 0.452. The zero-order valence-electron chi connectivity index (χ0n) is 23.8. The van der Waals surface area contributed by atoms with Crippen LogP contribution in [0.2, 0.25) is 0 Å². The number of ether oxygens (including phenoxy) is 1. The summed E-state index contributed by atoms with van der Waals surface area (Å²) in [5.74, 6) is 2.52. The maximum atomic E-state index is 11.3. The van der Waals surface area contributed by atoms with E-state index in [1.165, 1.54) is 5.56 Å². The smallest absolute Gasteiger partial charge is 0.217 e. The van der Waals surface area contributed by atoms with Crippen molar-refractivity contribution in [1.29, 1.82) is 0 Å². The van der Waals surface area contributed by atoms with Crippen LogP contribution in [0.15, 0.2) is 36.4 Å². The number of aromatic nitrogens is 2. The Morgan fingerprint density at radius 2 is 1.71 bits per heavy atom. The van der Waals surface area contributed by atoms with E-state index in [9.17, 15) is 4.79 Å². The minimum Gasteiger partial charge on any atom is -0.488 e. The summed E-state index contributed by atoms with van der Waals surface area (Å²) in [6, 6.07) is 12.7. The lowest BCUT2D eigenvalue weighted by Crippen LogP contribution is -2.33. The third kappa shape index (κ3) is 7.54. The van der Waals surface area contributed by atoms with Gasteiger partial charge in [0.15, 0.2) is 5.82 Å². The summed E-state index contributed by atoms with van der Waals surface area (Å²) in [5, 5.41) is 0. The molecule has 3 aromatic rings. The van der Waals surface area contributed by atoms with Gasteiger partial charge in [0.05, 0.1) is 11.3 Å². The molecule has 2 aromatic carbocycles. The predicted molar refractivity (Wildman–Crippen MR) is 156 cm³/mol. The third-order valence-electron chi connectivity index (χ3n) is 6.88. The van der Waals surface area contributed by atoms with Gasteiger partial charge in [0, 0.05) is 31.6 Å². The van der Waals surface area contributed by atoms with Gasteiger partial charge in [-0.25, -0.2) is 9.97 Å². The number of carbonyl (C=O) groups excluding carboxylic acids is 1. The molecule has 1 heterocycles. The number of anilines is 1. The number of unbranched alkanes of at least 4 members (excludes halogenated alkanes) is 1. The highest BCUT2D eigenvalue weighted by Crippen LogP contribution is 2.30. The van der Waals surface area contributed by atoms with Crippen molar-refractivity contribution in [3.05, 3.63) is 69.9 Å². The number of hydrogen-bond acceptors (Lipinski definition) is 6. The van der Waals surface area contributed by atoms with Crippen molar-refractivity contribution < 1.29 is 9.53 Å². The van der Waals surface area contributed by atoms with Gasteiger partial charge in [0.1, 0.15) is 18.2 Å². The van der Waals surface area contributed by atoms with Crippen molar-refractivity contribution in [2.24, 2.45) is 11.5 Å². The second-order valence-electron chi connectivity index (χ2n) is 10.4. The van der Waals surface area contributed by atoms with Crippen molar-refractivity contribution in [3.8, 4) is 17.1 Å². The Bertz CT molecular complexity index is 1260. The van der Waals surface area contributed by atoms with Crippen LogP contribution >= 0.6 is 0 Å². The largest absolute Gasteiger partial charge is 0.488 e. The lowest BCUT2D eigenvalue weighted by atomic mass is 10.0. The molecule has 7 heteroatoms. The SMILES string of the molecule is Cc1ccc(C)c(-c2nc(C)c(COc3cc(C(C)C)ccc3C)c(N(CCN)CCCCC(N)=O)n2)c1. The van der Waals surface area contributed by atoms with Gasteiger partial charge in [0.25, 0.3) is 0 Å². The molecular formula is C31H43N5O2. The molecule has 0 radical (unpaired) electrons. The first-order valence-corrected chi connectivity index (χ1v) is 13.5. The van der Waals surface area contributed by atoms with E-state index in [0.717, 1.165) is 57.9 Å². The van der Waals surface area contributed by atoms with Crippen LogP contribution in [-0.4, -0.2) is 35.5 Å². The van der Waals surface area contributed by atoms with E-state index in [1.807, 2.05) is 6.92 Å². The van der Waals surface area contributed by atoms with E-state index in [-0.39, 0.29) is 5.91 Å². The maximum Gasteiger partial charge on any atom is 0.217 e. The molecule has 0 aliphatic carbocycles. The Morgan fingerprint density at radius 1 is 0.974 bits per heavy atom. The van der Waals surface area contributed by atoms with Crippen molar-refractivity contribution >= 4 is 11.7 Å². The summed E-state index contributed by atoms with van der Waals surface area (Å²) in [6.45, 7) is 14.8. The highest BCUT2D eigenvalue weighted by Gasteiger charge is 2.20. The van der Waals surface area contributed by atoms with Gasteiger partial charge in [-0.2, -0.15) is 0 Å². The minimum absolute atomic E-state index is 0.279. The molecule has 0 atom stereocenters. The molecule has 1 aromatic heterocycles. The molecule has 0 aliphatic rings. The van der Waals surface area contributed by atoms with E-state index in [1.54, 1.807) is 0 Å². The maximum absolute atomic E-state index is 11.3. The number of aryl methyl sites for hydroxylation is 4. The van der Waals surface area contributed by atoms with Gasteiger partial charge in [-0.15, -0.1) is 0 Å². The summed E-state index contributed by atoms with van der Waals surface area (Å²) >= 11 is 0. The molecule has 1 amide bonds. The Hall–Kier alpha value is -3.45. The molecule has 0 saturated heterocycles. The molecule has 204 valence electrons. The van der Waals surface area contributed by atoms with E-state index < -0.39 is 0 Å². The Morgan fingerprint density at radius 3 is 2.39 bits per heavy atom. The van der Waals surface area contributed by atoms with Crippen LogP contribution in [-0.2, 0) is 11.4 Å². The first kappa shape index (κ1) is 29.1. The van der Waals surface area contributed by atoms with E-state index in [2.05, 4.69) is 75.9 Å². The predicted octanol–water partition coefficient (Wildman–Crippen LogP) is 5.50. The molecule has 38 heavy (non-hydrogen) atoms. The van der Waals surface area contributed by atoms with Crippen LogP contribution < -0.4 is 21.1 Å². The van der Waals surface area contributed by atoms with Gasteiger partial charge < -0.3 is 21.1 Å². The molecular weight excluding hydrogens is 474 g/mol. The Labute approximate surface area is 227 Å². The van der Waals surface area contributed by atoms with Gasteiger partial charge in [-0.05, 0) is 75.3 Å². The zero-order chi connectivity index (χ0) is 27.8. The van der Waals surface area contributed by atoms with Gasteiger partial charge in [-0.3, -0.25) is 4.79 Å². The number of amides is 1.